The summed E-state index contributed by atoms with van der Waals surface area (Å²) in [5.41, 5.74) is 2.49. The van der Waals surface area contributed by atoms with Crippen LogP contribution in [-0.2, 0) is 6.54 Å². The van der Waals surface area contributed by atoms with E-state index < -0.39 is 0 Å². The van der Waals surface area contributed by atoms with Gasteiger partial charge in [0.15, 0.2) is 5.13 Å². The van der Waals surface area contributed by atoms with Crippen molar-refractivity contribution in [3.8, 4) is 5.75 Å². The third-order valence-electron chi connectivity index (χ3n) is 4.09. The summed E-state index contributed by atoms with van der Waals surface area (Å²) in [4.78, 5) is 20.1. The molecule has 0 bridgehead atoms. The number of thiazole rings is 1. The van der Waals surface area contributed by atoms with Gasteiger partial charge in [-0.3, -0.25) is 9.69 Å². The van der Waals surface area contributed by atoms with Gasteiger partial charge in [0.2, 0.25) is 0 Å². The minimum Gasteiger partial charge on any atom is -0.497 e. The van der Waals surface area contributed by atoms with E-state index in [9.17, 15) is 4.79 Å². The van der Waals surface area contributed by atoms with E-state index in [4.69, 9.17) is 4.74 Å². The van der Waals surface area contributed by atoms with Crippen molar-refractivity contribution >= 4 is 44.1 Å². The van der Waals surface area contributed by atoms with E-state index in [0.717, 1.165) is 33.1 Å². The van der Waals surface area contributed by atoms with Gasteiger partial charge >= 0.3 is 0 Å². The van der Waals surface area contributed by atoms with Gasteiger partial charge in [-0.1, -0.05) is 46.2 Å². The molecule has 6 nitrogen and oxygen atoms in total. The molecule has 0 saturated carbocycles. The number of ether oxygens (including phenoxy) is 1. The van der Waals surface area contributed by atoms with E-state index in [1.807, 2.05) is 48.5 Å². The first-order valence-electron chi connectivity index (χ1n) is 8.25. The molecule has 0 radical (unpaired) electrons. The summed E-state index contributed by atoms with van der Waals surface area (Å²) in [6, 6.07) is 15.6. The number of anilines is 1. The average Bonchev–Trinajstić information content (AvgIpc) is 3.31. The number of rotatable bonds is 5. The van der Waals surface area contributed by atoms with Gasteiger partial charge in [-0.25, -0.2) is 4.98 Å². The van der Waals surface area contributed by atoms with Crippen molar-refractivity contribution in [2.45, 2.75) is 13.5 Å². The highest BCUT2D eigenvalue weighted by molar-refractivity contribution is 7.22. The van der Waals surface area contributed by atoms with Crippen LogP contribution in [0.15, 0.2) is 48.5 Å². The second kappa shape index (κ2) is 7.42. The molecular formula is C19H16N4O2S2. The number of benzene rings is 2. The molecule has 0 N–H and O–H groups in total. The third kappa shape index (κ3) is 3.54. The summed E-state index contributed by atoms with van der Waals surface area (Å²) in [6.45, 7) is 2.22. The smallest absolute Gasteiger partial charge is 0.274 e. The van der Waals surface area contributed by atoms with Gasteiger partial charge in [-0.2, -0.15) is 0 Å². The molecule has 0 aliphatic heterocycles. The van der Waals surface area contributed by atoms with E-state index in [-0.39, 0.29) is 5.91 Å². The topological polar surface area (TPSA) is 68.2 Å². The number of aryl methyl sites for hydroxylation is 1. The Kier molecular flexibility index (Phi) is 4.83. The molecule has 1 amide bonds. The minimum atomic E-state index is -0.141. The van der Waals surface area contributed by atoms with Crippen molar-refractivity contribution in [2.24, 2.45) is 0 Å². The fraction of sp³-hybridized carbons (Fsp3) is 0.158. The predicted octanol–water partition coefficient (Wildman–Crippen LogP) is 4.31. The van der Waals surface area contributed by atoms with Crippen LogP contribution in [0.25, 0.3) is 10.2 Å². The Labute approximate surface area is 164 Å². The van der Waals surface area contributed by atoms with E-state index in [1.165, 1.54) is 11.3 Å². The quantitative estimate of drug-likeness (QED) is 0.503. The fourth-order valence-electron chi connectivity index (χ4n) is 2.68. The fourth-order valence-corrected chi connectivity index (χ4v) is 4.28. The van der Waals surface area contributed by atoms with Crippen LogP contribution in [0.1, 0.15) is 20.9 Å². The molecule has 0 unspecified atom stereocenters. The van der Waals surface area contributed by atoms with E-state index >= 15 is 0 Å². The van der Waals surface area contributed by atoms with E-state index in [0.29, 0.717) is 22.2 Å². The summed E-state index contributed by atoms with van der Waals surface area (Å²) >= 11 is 2.57. The van der Waals surface area contributed by atoms with Crippen LogP contribution < -0.4 is 9.64 Å². The van der Waals surface area contributed by atoms with Gasteiger partial charge < -0.3 is 4.74 Å². The van der Waals surface area contributed by atoms with Gasteiger partial charge in [-0.15, -0.1) is 5.10 Å². The van der Waals surface area contributed by atoms with Gasteiger partial charge in [0.25, 0.3) is 5.91 Å². The van der Waals surface area contributed by atoms with Crippen LogP contribution in [0.4, 0.5) is 5.13 Å². The Balaban J connectivity index is 1.77. The molecule has 27 heavy (non-hydrogen) atoms. The molecule has 4 aromatic rings. The lowest BCUT2D eigenvalue weighted by molar-refractivity contribution is 0.0988. The van der Waals surface area contributed by atoms with Gasteiger partial charge in [0.05, 0.1) is 29.6 Å². The van der Waals surface area contributed by atoms with Crippen LogP contribution in [0.2, 0.25) is 0 Å². The predicted molar refractivity (Wildman–Crippen MR) is 108 cm³/mol. The second-order valence-electron chi connectivity index (χ2n) is 5.89. The van der Waals surface area contributed by atoms with Crippen molar-refractivity contribution in [3.05, 3.63) is 64.7 Å². The Morgan fingerprint density at radius 1 is 1.19 bits per heavy atom. The average molecular weight is 396 g/mol. The molecule has 0 aliphatic carbocycles. The van der Waals surface area contributed by atoms with Crippen molar-refractivity contribution < 1.29 is 9.53 Å². The van der Waals surface area contributed by atoms with Crippen molar-refractivity contribution in [1.82, 2.24) is 14.6 Å². The summed E-state index contributed by atoms with van der Waals surface area (Å²) in [6.07, 6.45) is 0. The highest BCUT2D eigenvalue weighted by Crippen LogP contribution is 2.33. The Bertz CT molecular complexity index is 1090. The number of aromatic nitrogens is 3. The highest BCUT2D eigenvalue weighted by Gasteiger charge is 2.25. The van der Waals surface area contributed by atoms with Crippen LogP contribution in [0.3, 0.4) is 0 Å². The molecule has 4 rings (SSSR count). The third-order valence-corrected chi connectivity index (χ3v) is 5.95. The molecule has 0 saturated heterocycles. The molecule has 2 heterocycles. The maximum absolute atomic E-state index is 13.2. The molecule has 2 aromatic carbocycles. The first-order valence-corrected chi connectivity index (χ1v) is 9.84. The number of hydrogen-bond donors (Lipinski definition) is 0. The van der Waals surface area contributed by atoms with Crippen molar-refractivity contribution in [2.75, 3.05) is 12.0 Å². The van der Waals surface area contributed by atoms with Gasteiger partial charge in [0, 0.05) is 0 Å². The van der Waals surface area contributed by atoms with Gasteiger partial charge in [-0.05, 0) is 42.2 Å². The minimum absolute atomic E-state index is 0.141. The first kappa shape index (κ1) is 17.6. The molecule has 136 valence electrons. The Morgan fingerprint density at radius 3 is 2.70 bits per heavy atom. The van der Waals surface area contributed by atoms with Crippen LogP contribution in [-0.4, -0.2) is 27.6 Å². The molecule has 0 atom stereocenters. The highest BCUT2D eigenvalue weighted by atomic mass is 32.1. The Hall–Kier alpha value is -2.84. The second-order valence-corrected chi connectivity index (χ2v) is 7.66. The molecule has 0 fully saturated rings. The first-order chi connectivity index (χ1) is 13.2. The number of fused-ring (bicyclic) bond motifs is 1. The largest absolute Gasteiger partial charge is 0.497 e. The maximum Gasteiger partial charge on any atom is 0.274 e. The zero-order valence-electron chi connectivity index (χ0n) is 14.7. The number of hydrogen-bond acceptors (Lipinski definition) is 7. The maximum atomic E-state index is 13.2. The number of amides is 1. The van der Waals surface area contributed by atoms with Crippen LogP contribution in [0, 0.1) is 6.92 Å². The normalized spacial score (nSPS) is 10.9. The molecular weight excluding hydrogens is 380 g/mol. The standard InChI is InChI=1S/C19H16N4O2S2/c1-12-17(27-22-21-12)18(24)23(11-13-6-4-3-5-7-13)19-20-15-9-8-14(25-2)10-16(15)26-19/h3-10H,11H2,1-2H3. The molecule has 0 aliphatic rings. The molecule has 0 spiro atoms. The number of carbonyl (C=O) groups is 1. The number of methoxy groups -OCH3 is 1. The lowest BCUT2D eigenvalue weighted by Gasteiger charge is -2.19. The zero-order valence-corrected chi connectivity index (χ0v) is 16.4. The van der Waals surface area contributed by atoms with E-state index in [2.05, 4.69) is 14.6 Å². The number of nitrogens with zero attached hydrogens (tertiary/aromatic N) is 4. The Morgan fingerprint density at radius 2 is 2.00 bits per heavy atom. The van der Waals surface area contributed by atoms with Crippen molar-refractivity contribution in [1.29, 1.82) is 0 Å². The molecule has 8 heteroatoms. The summed E-state index contributed by atoms with van der Waals surface area (Å²) in [5, 5.41) is 4.61. The van der Waals surface area contributed by atoms with Crippen LogP contribution in [0.5, 0.6) is 5.75 Å². The number of carbonyl (C=O) groups excluding carboxylic acids is 1. The SMILES string of the molecule is COc1ccc2nc(N(Cc3ccccc3)C(=O)c3snnc3C)sc2c1. The lowest BCUT2D eigenvalue weighted by Crippen LogP contribution is -2.30. The summed E-state index contributed by atoms with van der Waals surface area (Å²) in [5.74, 6) is 0.624. The zero-order chi connectivity index (χ0) is 18.8. The summed E-state index contributed by atoms with van der Waals surface area (Å²) in [7, 11) is 1.63. The summed E-state index contributed by atoms with van der Waals surface area (Å²) < 4.78 is 10.2. The lowest BCUT2D eigenvalue weighted by atomic mass is 10.2. The van der Waals surface area contributed by atoms with Gasteiger partial charge in [0.1, 0.15) is 10.6 Å². The van der Waals surface area contributed by atoms with E-state index in [1.54, 1.807) is 18.9 Å². The monoisotopic (exact) mass is 396 g/mol. The van der Waals surface area contributed by atoms with Crippen molar-refractivity contribution in [3.63, 3.8) is 0 Å². The van der Waals surface area contributed by atoms with Crippen LogP contribution >= 0.6 is 22.9 Å². The molecule has 2 aromatic heterocycles.